The van der Waals surface area contributed by atoms with E-state index in [9.17, 15) is 0 Å². The number of nitrogens with zero attached hydrogens (tertiary/aromatic N) is 4. The molecule has 2 heterocycles. The van der Waals surface area contributed by atoms with Crippen molar-refractivity contribution in [2.75, 3.05) is 6.61 Å². The van der Waals surface area contributed by atoms with Crippen LogP contribution in [0.5, 0.6) is 5.88 Å². The number of fused-ring (bicyclic) bond motifs is 1. The zero-order valence-corrected chi connectivity index (χ0v) is 10.1. The SMILES string of the molecule is CCOc1nn2c(CC)nnc2c(C)c1C. The largest absolute Gasteiger partial charge is 0.477 e. The smallest absolute Gasteiger partial charge is 0.235 e. The van der Waals surface area contributed by atoms with Crippen molar-refractivity contribution in [3.63, 3.8) is 0 Å². The van der Waals surface area contributed by atoms with Crippen LogP contribution in [0.25, 0.3) is 5.65 Å². The van der Waals surface area contributed by atoms with E-state index in [4.69, 9.17) is 4.74 Å². The van der Waals surface area contributed by atoms with Crippen LogP contribution >= 0.6 is 0 Å². The van der Waals surface area contributed by atoms with Crippen LogP contribution in [0.15, 0.2) is 0 Å². The Morgan fingerprint density at radius 1 is 1.12 bits per heavy atom. The molecule has 5 nitrogen and oxygen atoms in total. The molecule has 0 aliphatic heterocycles. The zero-order chi connectivity index (χ0) is 11.7. The summed E-state index contributed by atoms with van der Waals surface area (Å²) in [5.74, 6) is 1.53. The topological polar surface area (TPSA) is 52.3 Å². The summed E-state index contributed by atoms with van der Waals surface area (Å²) >= 11 is 0. The molecule has 0 fully saturated rings. The highest BCUT2D eigenvalue weighted by Gasteiger charge is 2.13. The van der Waals surface area contributed by atoms with Crippen LogP contribution in [0.3, 0.4) is 0 Å². The minimum Gasteiger partial charge on any atom is -0.477 e. The van der Waals surface area contributed by atoms with Crippen LogP contribution in [0.4, 0.5) is 0 Å². The van der Waals surface area contributed by atoms with Gasteiger partial charge in [-0.25, -0.2) is 0 Å². The summed E-state index contributed by atoms with van der Waals surface area (Å²) in [6.07, 6.45) is 0.808. The summed E-state index contributed by atoms with van der Waals surface area (Å²) in [7, 11) is 0. The van der Waals surface area contributed by atoms with Gasteiger partial charge in [0.15, 0.2) is 11.5 Å². The standard InChI is InChI=1S/C11H16N4O/c1-5-9-12-13-10-7(3)8(4)11(16-6-2)14-15(9)10/h5-6H2,1-4H3. The summed E-state index contributed by atoms with van der Waals surface area (Å²) < 4.78 is 7.28. The minimum absolute atomic E-state index is 0.613. The summed E-state index contributed by atoms with van der Waals surface area (Å²) in [6.45, 7) is 8.61. The van der Waals surface area contributed by atoms with Crippen LogP contribution in [0.2, 0.25) is 0 Å². The number of ether oxygens (including phenoxy) is 1. The van der Waals surface area contributed by atoms with Gasteiger partial charge < -0.3 is 4.74 Å². The summed E-state index contributed by atoms with van der Waals surface area (Å²) in [4.78, 5) is 0. The third-order valence-electron chi connectivity index (χ3n) is 2.71. The molecule has 2 aromatic heterocycles. The highest BCUT2D eigenvalue weighted by Crippen LogP contribution is 2.21. The summed E-state index contributed by atoms with van der Waals surface area (Å²) in [5.41, 5.74) is 2.92. The fourth-order valence-electron chi connectivity index (χ4n) is 1.64. The molecule has 2 aromatic rings. The van der Waals surface area contributed by atoms with Crippen molar-refractivity contribution in [2.45, 2.75) is 34.1 Å². The number of aryl methyl sites for hydroxylation is 2. The van der Waals surface area contributed by atoms with Crippen LogP contribution in [0, 0.1) is 13.8 Å². The van der Waals surface area contributed by atoms with Gasteiger partial charge >= 0.3 is 0 Å². The first kappa shape index (κ1) is 10.9. The lowest BCUT2D eigenvalue weighted by Crippen LogP contribution is -2.06. The molecule has 0 saturated heterocycles. The average molecular weight is 220 g/mol. The fourth-order valence-corrected chi connectivity index (χ4v) is 1.64. The Hall–Kier alpha value is -1.65. The van der Waals surface area contributed by atoms with Gasteiger partial charge in [0.05, 0.1) is 6.61 Å². The third-order valence-corrected chi connectivity index (χ3v) is 2.71. The normalized spacial score (nSPS) is 11.0. The average Bonchev–Trinajstić information content (AvgIpc) is 2.69. The van der Waals surface area contributed by atoms with Crippen LogP contribution in [-0.2, 0) is 6.42 Å². The number of hydrogen-bond acceptors (Lipinski definition) is 4. The Balaban J connectivity index is 2.70. The lowest BCUT2D eigenvalue weighted by Gasteiger charge is -2.09. The Morgan fingerprint density at radius 2 is 1.88 bits per heavy atom. The van der Waals surface area contributed by atoms with Crippen molar-refractivity contribution in [1.82, 2.24) is 19.8 Å². The fraction of sp³-hybridized carbons (Fsp3) is 0.545. The molecule has 0 aliphatic rings. The van der Waals surface area contributed by atoms with Gasteiger partial charge in [-0.05, 0) is 20.8 Å². The highest BCUT2D eigenvalue weighted by molar-refractivity contribution is 5.52. The molecule has 0 amide bonds. The second kappa shape index (κ2) is 4.08. The maximum atomic E-state index is 5.51. The number of rotatable bonds is 3. The zero-order valence-electron chi connectivity index (χ0n) is 10.1. The first-order chi connectivity index (χ1) is 7.69. The van der Waals surface area contributed by atoms with Crippen LogP contribution in [0.1, 0.15) is 30.8 Å². The van der Waals surface area contributed by atoms with Gasteiger partial charge in [0.2, 0.25) is 5.88 Å². The van der Waals surface area contributed by atoms with Crippen molar-refractivity contribution in [3.05, 3.63) is 17.0 Å². The third kappa shape index (κ3) is 1.52. The molecule has 0 N–H and O–H groups in total. The van der Waals surface area contributed by atoms with E-state index < -0.39 is 0 Å². The van der Waals surface area contributed by atoms with Crippen molar-refractivity contribution < 1.29 is 4.74 Å². The Bertz CT molecular complexity index is 518. The molecular weight excluding hydrogens is 204 g/mol. The van der Waals surface area contributed by atoms with E-state index in [0.29, 0.717) is 12.5 Å². The Labute approximate surface area is 94.4 Å². The molecule has 0 saturated carbocycles. The highest BCUT2D eigenvalue weighted by atomic mass is 16.5. The molecule has 0 aromatic carbocycles. The maximum Gasteiger partial charge on any atom is 0.235 e. The molecule has 0 radical (unpaired) electrons. The lowest BCUT2D eigenvalue weighted by atomic mass is 10.2. The molecule has 0 unspecified atom stereocenters. The van der Waals surface area contributed by atoms with Gasteiger partial charge in [0.1, 0.15) is 0 Å². The lowest BCUT2D eigenvalue weighted by molar-refractivity contribution is 0.318. The monoisotopic (exact) mass is 220 g/mol. The first-order valence-electron chi connectivity index (χ1n) is 5.53. The van der Waals surface area contributed by atoms with Crippen LogP contribution < -0.4 is 4.74 Å². The molecule has 0 aliphatic carbocycles. The molecule has 0 atom stereocenters. The minimum atomic E-state index is 0.613. The van der Waals surface area contributed by atoms with Crippen molar-refractivity contribution in [1.29, 1.82) is 0 Å². The summed E-state index contributed by atoms with van der Waals surface area (Å²) in [5, 5.41) is 12.7. The van der Waals surface area contributed by atoms with E-state index >= 15 is 0 Å². The first-order valence-corrected chi connectivity index (χ1v) is 5.53. The number of hydrogen-bond donors (Lipinski definition) is 0. The van der Waals surface area contributed by atoms with Crippen molar-refractivity contribution >= 4 is 5.65 Å². The maximum absolute atomic E-state index is 5.51. The van der Waals surface area contributed by atoms with Gasteiger partial charge in [-0.15, -0.1) is 15.3 Å². The Morgan fingerprint density at radius 3 is 2.50 bits per heavy atom. The summed E-state index contributed by atoms with van der Waals surface area (Å²) in [6, 6.07) is 0. The van der Waals surface area contributed by atoms with E-state index in [1.807, 2.05) is 27.7 Å². The van der Waals surface area contributed by atoms with Gasteiger partial charge in [0.25, 0.3) is 0 Å². The molecule has 5 heteroatoms. The second-order valence-corrected chi connectivity index (χ2v) is 3.69. The van der Waals surface area contributed by atoms with Gasteiger partial charge in [-0.1, -0.05) is 6.92 Å². The Kier molecular flexibility index (Phi) is 2.77. The van der Waals surface area contributed by atoms with Gasteiger partial charge in [-0.3, -0.25) is 0 Å². The molecular formula is C11H16N4O. The predicted molar refractivity (Wildman–Crippen MR) is 60.8 cm³/mol. The molecule has 86 valence electrons. The molecule has 16 heavy (non-hydrogen) atoms. The van der Waals surface area contributed by atoms with Gasteiger partial charge in [0, 0.05) is 17.5 Å². The molecule has 0 spiro atoms. The second-order valence-electron chi connectivity index (χ2n) is 3.69. The molecule has 2 rings (SSSR count). The quantitative estimate of drug-likeness (QED) is 0.790. The predicted octanol–water partition coefficient (Wildman–Crippen LogP) is 1.70. The van der Waals surface area contributed by atoms with Crippen molar-refractivity contribution in [3.8, 4) is 5.88 Å². The van der Waals surface area contributed by atoms with E-state index in [0.717, 1.165) is 29.0 Å². The van der Waals surface area contributed by atoms with E-state index in [-0.39, 0.29) is 0 Å². The molecule has 0 bridgehead atoms. The van der Waals surface area contributed by atoms with E-state index in [1.54, 1.807) is 4.52 Å². The van der Waals surface area contributed by atoms with E-state index in [2.05, 4.69) is 15.3 Å². The van der Waals surface area contributed by atoms with Crippen LogP contribution in [-0.4, -0.2) is 26.4 Å². The number of aromatic nitrogens is 4. The van der Waals surface area contributed by atoms with Crippen molar-refractivity contribution in [2.24, 2.45) is 0 Å². The van der Waals surface area contributed by atoms with E-state index in [1.165, 1.54) is 0 Å². The van der Waals surface area contributed by atoms with Gasteiger partial charge in [-0.2, -0.15) is 4.52 Å².